The largest absolute Gasteiger partial charge is 0.326 e. The van der Waals surface area contributed by atoms with E-state index in [1.165, 1.54) is 42.5 Å². The van der Waals surface area contributed by atoms with E-state index >= 15 is 0 Å². The molecular formula is C17H18ClFN2O3S. The highest BCUT2D eigenvalue weighted by molar-refractivity contribution is 7.89. The molecule has 0 radical (unpaired) electrons. The van der Waals surface area contributed by atoms with Gasteiger partial charge in [0, 0.05) is 22.3 Å². The van der Waals surface area contributed by atoms with Crippen molar-refractivity contribution in [2.24, 2.45) is 0 Å². The maximum Gasteiger partial charge on any atom is 0.240 e. The van der Waals surface area contributed by atoms with E-state index in [1.807, 2.05) is 0 Å². The van der Waals surface area contributed by atoms with E-state index in [-0.39, 0.29) is 27.9 Å². The van der Waals surface area contributed by atoms with Crippen molar-refractivity contribution in [1.29, 1.82) is 0 Å². The van der Waals surface area contributed by atoms with Gasteiger partial charge in [0.2, 0.25) is 15.9 Å². The van der Waals surface area contributed by atoms with E-state index in [1.54, 1.807) is 13.8 Å². The van der Waals surface area contributed by atoms with Crippen LogP contribution in [0, 0.1) is 5.82 Å². The Bertz CT molecular complexity index is 848. The van der Waals surface area contributed by atoms with Crippen molar-refractivity contribution < 1.29 is 17.6 Å². The minimum Gasteiger partial charge on any atom is -0.326 e. The number of carbonyl (C=O) groups is 1. The van der Waals surface area contributed by atoms with E-state index in [2.05, 4.69) is 10.0 Å². The number of hydrogen-bond donors (Lipinski definition) is 2. The highest BCUT2D eigenvalue weighted by Crippen LogP contribution is 2.20. The number of carbonyl (C=O) groups excluding carboxylic acids is 1. The van der Waals surface area contributed by atoms with Crippen molar-refractivity contribution in [3.63, 3.8) is 0 Å². The number of amides is 1. The van der Waals surface area contributed by atoms with Crippen molar-refractivity contribution in [1.82, 2.24) is 4.72 Å². The van der Waals surface area contributed by atoms with Gasteiger partial charge in [-0.2, -0.15) is 0 Å². The third-order valence-electron chi connectivity index (χ3n) is 3.24. The van der Waals surface area contributed by atoms with Crippen LogP contribution in [0.1, 0.15) is 19.4 Å². The summed E-state index contributed by atoms with van der Waals surface area (Å²) in [5, 5.41) is 2.76. The van der Waals surface area contributed by atoms with Crippen molar-refractivity contribution in [2.45, 2.75) is 31.2 Å². The first-order valence-electron chi connectivity index (χ1n) is 7.54. The Labute approximate surface area is 151 Å². The number of rotatable bonds is 6. The lowest BCUT2D eigenvalue weighted by Crippen LogP contribution is -2.30. The van der Waals surface area contributed by atoms with E-state index in [9.17, 15) is 17.6 Å². The molecule has 2 N–H and O–H groups in total. The summed E-state index contributed by atoms with van der Waals surface area (Å²) in [4.78, 5) is 12.1. The molecule has 5 nitrogen and oxygen atoms in total. The molecule has 2 rings (SSSR count). The van der Waals surface area contributed by atoms with E-state index in [0.29, 0.717) is 5.69 Å². The van der Waals surface area contributed by atoms with Gasteiger partial charge in [-0.1, -0.05) is 17.7 Å². The fourth-order valence-corrected chi connectivity index (χ4v) is 3.64. The molecule has 0 spiro atoms. The number of nitrogens with one attached hydrogen (secondary N) is 2. The molecule has 8 heteroatoms. The topological polar surface area (TPSA) is 75.3 Å². The molecule has 2 aromatic carbocycles. The maximum absolute atomic E-state index is 13.7. The fraction of sp³-hybridized carbons (Fsp3) is 0.235. The number of hydrogen-bond acceptors (Lipinski definition) is 3. The van der Waals surface area contributed by atoms with Crippen LogP contribution in [0.25, 0.3) is 0 Å². The molecule has 0 unspecified atom stereocenters. The van der Waals surface area contributed by atoms with Crippen LogP contribution in [0.2, 0.25) is 5.02 Å². The van der Waals surface area contributed by atoms with Gasteiger partial charge >= 0.3 is 0 Å². The van der Waals surface area contributed by atoms with Crippen LogP contribution in [-0.2, 0) is 21.2 Å². The second kappa shape index (κ2) is 7.95. The van der Waals surface area contributed by atoms with Crippen molar-refractivity contribution >= 4 is 33.2 Å². The predicted octanol–water partition coefficient (Wildman–Crippen LogP) is 3.35. The molecule has 0 aromatic heterocycles. The van der Waals surface area contributed by atoms with Gasteiger partial charge in [-0.25, -0.2) is 17.5 Å². The van der Waals surface area contributed by atoms with Crippen LogP contribution < -0.4 is 10.0 Å². The third-order valence-corrected chi connectivity index (χ3v) is 5.27. The molecule has 0 heterocycles. The van der Waals surface area contributed by atoms with Gasteiger partial charge in [0.25, 0.3) is 0 Å². The first kappa shape index (κ1) is 19.4. The third kappa shape index (κ3) is 5.26. The first-order valence-corrected chi connectivity index (χ1v) is 9.40. The highest BCUT2D eigenvalue weighted by atomic mass is 35.5. The van der Waals surface area contributed by atoms with Gasteiger partial charge in [0.15, 0.2) is 0 Å². The second-order valence-corrected chi connectivity index (χ2v) is 7.85. The zero-order chi connectivity index (χ0) is 18.6. The Kier molecular flexibility index (Phi) is 6.16. The Hall–Kier alpha value is -1.96. The average Bonchev–Trinajstić information content (AvgIpc) is 2.50. The van der Waals surface area contributed by atoms with Crippen LogP contribution in [0.5, 0.6) is 0 Å². The van der Waals surface area contributed by atoms with Crippen molar-refractivity contribution in [2.75, 3.05) is 5.32 Å². The Morgan fingerprint density at radius 1 is 1.16 bits per heavy atom. The smallest absolute Gasteiger partial charge is 0.240 e. The highest BCUT2D eigenvalue weighted by Gasteiger charge is 2.16. The first-order chi connectivity index (χ1) is 11.7. The molecule has 0 fully saturated rings. The molecule has 0 atom stereocenters. The van der Waals surface area contributed by atoms with Crippen LogP contribution in [0.15, 0.2) is 47.4 Å². The van der Waals surface area contributed by atoms with Gasteiger partial charge in [-0.15, -0.1) is 0 Å². The number of sulfonamides is 1. The SMILES string of the molecule is CC(C)NS(=O)(=O)c1ccc(NC(=O)Cc2c(F)cccc2Cl)cc1. The predicted molar refractivity (Wildman–Crippen MR) is 95.6 cm³/mol. The zero-order valence-electron chi connectivity index (χ0n) is 13.7. The van der Waals surface area contributed by atoms with Gasteiger partial charge in [-0.05, 0) is 50.2 Å². The van der Waals surface area contributed by atoms with Gasteiger partial charge in [0.05, 0.1) is 11.3 Å². The lowest BCUT2D eigenvalue weighted by Gasteiger charge is -2.11. The Morgan fingerprint density at radius 2 is 1.80 bits per heavy atom. The summed E-state index contributed by atoms with van der Waals surface area (Å²) in [5.74, 6) is -1.01. The molecule has 2 aromatic rings. The summed E-state index contributed by atoms with van der Waals surface area (Å²) < 4.78 is 40.2. The minimum atomic E-state index is -3.59. The molecule has 0 saturated heterocycles. The summed E-state index contributed by atoms with van der Waals surface area (Å²) in [7, 11) is -3.59. The summed E-state index contributed by atoms with van der Waals surface area (Å²) in [6, 6.07) is 9.68. The summed E-state index contributed by atoms with van der Waals surface area (Å²) in [6.45, 7) is 3.44. The maximum atomic E-state index is 13.7. The van der Waals surface area contributed by atoms with Crippen molar-refractivity contribution in [3.8, 4) is 0 Å². The fourth-order valence-electron chi connectivity index (χ4n) is 2.16. The molecule has 25 heavy (non-hydrogen) atoms. The molecule has 0 aliphatic heterocycles. The van der Waals surface area contributed by atoms with Crippen LogP contribution in [-0.4, -0.2) is 20.4 Å². The number of anilines is 1. The van der Waals surface area contributed by atoms with Gasteiger partial charge in [-0.3, -0.25) is 4.79 Å². The monoisotopic (exact) mass is 384 g/mol. The minimum absolute atomic E-state index is 0.0938. The van der Waals surface area contributed by atoms with E-state index in [0.717, 1.165) is 0 Å². The quantitative estimate of drug-likeness (QED) is 0.802. The van der Waals surface area contributed by atoms with Crippen molar-refractivity contribution in [3.05, 3.63) is 58.9 Å². The molecule has 0 aliphatic rings. The average molecular weight is 385 g/mol. The second-order valence-electron chi connectivity index (χ2n) is 5.73. The summed E-state index contributed by atoms with van der Waals surface area (Å²) >= 11 is 5.90. The van der Waals surface area contributed by atoms with Crippen LogP contribution in [0.3, 0.4) is 0 Å². The Balaban J connectivity index is 2.07. The normalized spacial score (nSPS) is 11.6. The molecular weight excluding hydrogens is 367 g/mol. The standard InChI is InChI=1S/C17H18ClFN2O3S/c1-11(2)21-25(23,24)13-8-6-12(7-9-13)20-17(22)10-14-15(18)4-3-5-16(14)19/h3-9,11,21H,10H2,1-2H3,(H,20,22). The molecule has 1 amide bonds. The van der Waals surface area contributed by atoms with E-state index < -0.39 is 21.7 Å². The molecule has 0 saturated carbocycles. The summed E-state index contributed by atoms with van der Waals surface area (Å²) in [5.41, 5.74) is 0.517. The molecule has 0 bridgehead atoms. The Morgan fingerprint density at radius 3 is 2.36 bits per heavy atom. The summed E-state index contributed by atoms with van der Waals surface area (Å²) in [6.07, 6.45) is -0.222. The molecule has 0 aliphatic carbocycles. The van der Waals surface area contributed by atoms with Crippen LogP contribution in [0.4, 0.5) is 10.1 Å². The lowest BCUT2D eigenvalue weighted by atomic mass is 10.1. The van der Waals surface area contributed by atoms with Gasteiger partial charge in [0.1, 0.15) is 5.82 Å². The lowest BCUT2D eigenvalue weighted by molar-refractivity contribution is -0.115. The number of benzene rings is 2. The zero-order valence-corrected chi connectivity index (χ0v) is 15.3. The van der Waals surface area contributed by atoms with E-state index in [4.69, 9.17) is 11.6 Å². The van der Waals surface area contributed by atoms with Gasteiger partial charge < -0.3 is 5.32 Å². The number of halogens is 2. The molecule has 134 valence electrons. The van der Waals surface area contributed by atoms with Crippen LogP contribution >= 0.6 is 11.6 Å².